The van der Waals surface area contributed by atoms with Gasteiger partial charge in [-0.3, -0.25) is 14.9 Å². The quantitative estimate of drug-likeness (QED) is 0.386. The van der Waals surface area contributed by atoms with Crippen molar-refractivity contribution in [3.8, 4) is 5.75 Å². The molecule has 0 atom stereocenters. The number of nitro benzene ring substituents is 1. The lowest BCUT2D eigenvalue weighted by atomic mass is 10.1. The van der Waals surface area contributed by atoms with Crippen LogP contribution < -0.4 is 15.8 Å². The second-order valence-electron chi connectivity index (χ2n) is 5.19. The molecule has 3 N–H and O–H groups in total. The van der Waals surface area contributed by atoms with Crippen molar-refractivity contribution in [2.75, 3.05) is 18.2 Å². The van der Waals surface area contributed by atoms with Gasteiger partial charge in [0.2, 0.25) is 5.78 Å². The number of ether oxygens (including phenoxy) is 1. The number of para-hydroxylation sites is 1. The Bertz CT molecular complexity index is 969. The van der Waals surface area contributed by atoms with Gasteiger partial charge in [0.25, 0.3) is 5.69 Å². The van der Waals surface area contributed by atoms with Gasteiger partial charge in [-0.2, -0.15) is 0 Å². The highest BCUT2D eigenvalue weighted by atomic mass is 32.1. The number of thiazole rings is 1. The van der Waals surface area contributed by atoms with E-state index in [1.54, 1.807) is 37.4 Å². The van der Waals surface area contributed by atoms with Crippen molar-refractivity contribution in [3.05, 3.63) is 69.1 Å². The van der Waals surface area contributed by atoms with E-state index < -0.39 is 10.7 Å². The van der Waals surface area contributed by atoms with Crippen molar-refractivity contribution in [2.24, 2.45) is 0 Å². The number of aromatic nitrogens is 1. The van der Waals surface area contributed by atoms with Crippen molar-refractivity contribution >= 4 is 39.4 Å². The number of ketones is 1. The number of nitrogens with zero attached hydrogens (tertiary/aromatic N) is 2. The number of methoxy groups -OCH3 is 1. The second-order valence-corrected chi connectivity index (χ2v) is 6.19. The van der Waals surface area contributed by atoms with Gasteiger partial charge in [-0.05, 0) is 30.3 Å². The molecule has 9 heteroatoms. The van der Waals surface area contributed by atoms with Crippen LogP contribution in [0.2, 0.25) is 0 Å². The lowest BCUT2D eigenvalue weighted by molar-refractivity contribution is -0.385. The molecule has 2 aromatic carbocycles. The van der Waals surface area contributed by atoms with Crippen molar-refractivity contribution < 1.29 is 14.5 Å². The third-order valence-corrected chi connectivity index (χ3v) is 4.53. The summed E-state index contributed by atoms with van der Waals surface area (Å²) in [7, 11) is 1.57. The van der Waals surface area contributed by atoms with Gasteiger partial charge < -0.3 is 15.8 Å². The number of nitro groups is 1. The smallest absolute Gasteiger partial charge is 0.280 e. The zero-order valence-electron chi connectivity index (χ0n) is 13.6. The first-order valence-corrected chi connectivity index (χ1v) is 8.26. The molecular formula is C17H14N4O4S. The highest BCUT2D eigenvalue weighted by Gasteiger charge is 2.25. The van der Waals surface area contributed by atoms with Crippen LogP contribution in [0, 0.1) is 10.1 Å². The SMILES string of the molecule is COc1ccc(Nc2nc(N)c(C(=O)c3ccccc3[N+](=O)[O-])s2)cc1. The molecule has 0 bridgehead atoms. The standard InChI is InChI=1S/C17H14N4O4S/c1-25-11-8-6-10(7-9-11)19-17-20-16(18)15(26-17)14(22)12-4-2-3-5-13(12)21(23)24/h2-9H,18H2,1H3,(H,19,20). The van der Waals surface area contributed by atoms with Crippen molar-refractivity contribution in [3.63, 3.8) is 0 Å². The largest absolute Gasteiger partial charge is 0.497 e. The summed E-state index contributed by atoms with van der Waals surface area (Å²) >= 11 is 1.04. The van der Waals surface area contributed by atoms with E-state index >= 15 is 0 Å². The van der Waals surface area contributed by atoms with Crippen LogP contribution in [-0.4, -0.2) is 22.8 Å². The Morgan fingerprint density at radius 1 is 1.23 bits per heavy atom. The van der Waals surface area contributed by atoms with E-state index in [1.807, 2.05) is 0 Å². The maximum atomic E-state index is 12.7. The molecule has 0 unspecified atom stereocenters. The average molecular weight is 370 g/mol. The van der Waals surface area contributed by atoms with Crippen molar-refractivity contribution in [1.29, 1.82) is 0 Å². The molecule has 8 nitrogen and oxygen atoms in total. The van der Waals surface area contributed by atoms with Crippen LogP contribution in [0.3, 0.4) is 0 Å². The summed E-state index contributed by atoms with van der Waals surface area (Å²) in [6.07, 6.45) is 0. The molecule has 1 aromatic heterocycles. The van der Waals surface area contributed by atoms with Gasteiger partial charge in [0.1, 0.15) is 22.0 Å². The summed E-state index contributed by atoms with van der Waals surface area (Å²) < 4.78 is 5.09. The van der Waals surface area contributed by atoms with Crippen LogP contribution in [0.1, 0.15) is 15.2 Å². The zero-order chi connectivity index (χ0) is 18.7. The van der Waals surface area contributed by atoms with E-state index in [0.29, 0.717) is 10.9 Å². The number of rotatable bonds is 6. The van der Waals surface area contributed by atoms with Gasteiger partial charge in [0.15, 0.2) is 5.13 Å². The van der Waals surface area contributed by atoms with Crippen LogP contribution in [0.4, 0.5) is 22.3 Å². The van der Waals surface area contributed by atoms with Gasteiger partial charge in [-0.25, -0.2) is 4.98 Å². The molecule has 0 radical (unpaired) electrons. The maximum absolute atomic E-state index is 12.7. The predicted octanol–water partition coefficient (Wildman–Crippen LogP) is 3.62. The number of nitrogen functional groups attached to an aromatic ring is 1. The number of carbonyl (C=O) groups excluding carboxylic acids is 1. The van der Waals surface area contributed by atoms with E-state index in [1.165, 1.54) is 18.2 Å². The number of carbonyl (C=O) groups is 1. The molecule has 0 amide bonds. The number of anilines is 3. The Kier molecular flexibility index (Phi) is 4.81. The fourth-order valence-corrected chi connectivity index (χ4v) is 3.15. The third-order valence-electron chi connectivity index (χ3n) is 3.55. The predicted molar refractivity (Wildman–Crippen MR) is 99.3 cm³/mol. The molecule has 0 spiro atoms. The van der Waals surface area contributed by atoms with Crippen LogP contribution in [-0.2, 0) is 0 Å². The Morgan fingerprint density at radius 2 is 1.92 bits per heavy atom. The summed E-state index contributed by atoms with van der Waals surface area (Å²) in [4.78, 5) is 27.5. The first-order valence-electron chi connectivity index (χ1n) is 7.45. The van der Waals surface area contributed by atoms with Gasteiger partial charge in [-0.15, -0.1) is 0 Å². The second kappa shape index (κ2) is 7.19. The molecular weight excluding hydrogens is 356 g/mol. The fourth-order valence-electron chi connectivity index (χ4n) is 2.29. The van der Waals surface area contributed by atoms with Crippen LogP contribution in [0.5, 0.6) is 5.75 Å². The summed E-state index contributed by atoms with van der Waals surface area (Å²) in [5.74, 6) is 0.200. The monoisotopic (exact) mass is 370 g/mol. The summed E-state index contributed by atoms with van der Waals surface area (Å²) in [6.45, 7) is 0. The molecule has 3 rings (SSSR count). The van der Waals surface area contributed by atoms with Crippen molar-refractivity contribution in [2.45, 2.75) is 0 Å². The number of benzene rings is 2. The van der Waals surface area contributed by atoms with Gasteiger partial charge in [0, 0.05) is 11.8 Å². The molecule has 0 saturated heterocycles. The van der Waals surface area contributed by atoms with E-state index in [2.05, 4.69) is 10.3 Å². The van der Waals surface area contributed by atoms with E-state index in [-0.39, 0.29) is 21.9 Å². The Hall–Kier alpha value is -3.46. The molecule has 0 aliphatic carbocycles. The summed E-state index contributed by atoms with van der Waals surface area (Å²) in [5.41, 5.74) is 6.30. The van der Waals surface area contributed by atoms with Crippen LogP contribution in [0.25, 0.3) is 0 Å². The fraction of sp³-hybridized carbons (Fsp3) is 0.0588. The number of hydrogen-bond donors (Lipinski definition) is 2. The van der Waals surface area contributed by atoms with Crippen LogP contribution in [0.15, 0.2) is 48.5 Å². The minimum atomic E-state index is -0.596. The zero-order valence-corrected chi connectivity index (χ0v) is 14.4. The lowest BCUT2D eigenvalue weighted by Gasteiger charge is -2.03. The van der Waals surface area contributed by atoms with Gasteiger partial charge >= 0.3 is 0 Å². The van der Waals surface area contributed by atoms with Crippen molar-refractivity contribution in [1.82, 2.24) is 4.98 Å². The molecule has 0 fully saturated rings. The van der Waals surface area contributed by atoms with Gasteiger partial charge in [-0.1, -0.05) is 23.5 Å². The summed E-state index contributed by atoms with van der Waals surface area (Å²) in [5, 5.41) is 14.6. The minimum Gasteiger partial charge on any atom is -0.497 e. The van der Waals surface area contributed by atoms with E-state index in [0.717, 1.165) is 17.0 Å². The average Bonchev–Trinajstić information content (AvgIpc) is 3.01. The molecule has 132 valence electrons. The minimum absolute atomic E-state index is 0.0224. The Morgan fingerprint density at radius 3 is 2.58 bits per heavy atom. The lowest BCUT2D eigenvalue weighted by Crippen LogP contribution is -2.06. The van der Waals surface area contributed by atoms with E-state index in [4.69, 9.17) is 10.5 Å². The number of hydrogen-bond acceptors (Lipinski definition) is 8. The van der Waals surface area contributed by atoms with E-state index in [9.17, 15) is 14.9 Å². The highest BCUT2D eigenvalue weighted by molar-refractivity contribution is 7.18. The Labute approximate surface area is 152 Å². The molecule has 0 aliphatic rings. The third kappa shape index (κ3) is 3.47. The van der Waals surface area contributed by atoms with Crippen LogP contribution >= 0.6 is 11.3 Å². The normalized spacial score (nSPS) is 10.3. The number of nitrogens with two attached hydrogens (primary N) is 1. The molecule has 1 heterocycles. The first-order chi connectivity index (χ1) is 12.5. The first kappa shape index (κ1) is 17.4. The van der Waals surface area contributed by atoms with Gasteiger partial charge in [0.05, 0.1) is 12.0 Å². The maximum Gasteiger partial charge on any atom is 0.280 e. The molecule has 26 heavy (non-hydrogen) atoms. The Balaban J connectivity index is 1.88. The topological polar surface area (TPSA) is 120 Å². The molecule has 3 aromatic rings. The number of nitrogens with one attached hydrogen (secondary N) is 1. The highest BCUT2D eigenvalue weighted by Crippen LogP contribution is 2.32. The molecule has 0 saturated carbocycles. The molecule has 0 aliphatic heterocycles. The summed E-state index contributed by atoms with van der Waals surface area (Å²) in [6, 6.07) is 12.9.